The number of nitrogens with one attached hydrogen (secondary N) is 1. The van der Waals surface area contributed by atoms with Crippen LogP contribution in [0, 0.1) is 0 Å². The molecule has 1 aromatic heterocycles. The molecular weight excluding hydrogens is 256 g/mol. The van der Waals surface area contributed by atoms with Crippen molar-refractivity contribution in [1.29, 1.82) is 0 Å². The molecule has 0 aromatic carbocycles. The van der Waals surface area contributed by atoms with Crippen LogP contribution in [-0.2, 0) is 16.0 Å². The Morgan fingerprint density at radius 3 is 2.45 bits per heavy atom. The predicted molar refractivity (Wildman–Crippen MR) is 74.2 cm³/mol. The molecule has 0 unspecified atom stereocenters. The minimum absolute atomic E-state index is 0.121. The molecule has 1 aliphatic rings. The van der Waals surface area contributed by atoms with Gasteiger partial charge in [-0.2, -0.15) is 0 Å². The van der Waals surface area contributed by atoms with Gasteiger partial charge in [-0.3, -0.25) is 9.78 Å². The summed E-state index contributed by atoms with van der Waals surface area (Å²) in [5.41, 5.74) is -0.443. The molecule has 1 amide bonds. The standard InChI is InChI=1S/C15H20N2O3/c18-13(11-12-7-3-6-10-16-12)17-15(14(19)20)8-4-1-2-5-9-15/h3,6-7,10H,1-2,4-5,8-9,11H2,(H,17,18)(H,19,20). The first kappa shape index (κ1) is 14.5. The zero-order valence-electron chi connectivity index (χ0n) is 11.5. The molecule has 0 saturated heterocycles. The van der Waals surface area contributed by atoms with E-state index in [0.29, 0.717) is 18.5 Å². The predicted octanol–water partition coefficient (Wildman–Crippen LogP) is 1.92. The lowest BCUT2D eigenvalue weighted by Gasteiger charge is -2.29. The number of hydrogen-bond acceptors (Lipinski definition) is 3. The van der Waals surface area contributed by atoms with Crippen molar-refractivity contribution in [1.82, 2.24) is 10.3 Å². The summed E-state index contributed by atoms with van der Waals surface area (Å²) in [7, 11) is 0. The van der Waals surface area contributed by atoms with E-state index in [9.17, 15) is 14.7 Å². The summed E-state index contributed by atoms with van der Waals surface area (Å²) < 4.78 is 0. The van der Waals surface area contributed by atoms with Gasteiger partial charge in [0, 0.05) is 11.9 Å². The maximum absolute atomic E-state index is 12.1. The summed E-state index contributed by atoms with van der Waals surface area (Å²) in [6.45, 7) is 0. The van der Waals surface area contributed by atoms with Crippen LogP contribution in [0.2, 0.25) is 0 Å². The molecule has 0 bridgehead atoms. The Balaban J connectivity index is 2.04. The molecule has 20 heavy (non-hydrogen) atoms. The van der Waals surface area contributed by atoms with E-state index in [-0.39, 0.29) is 12.3 Å². The highest BCUT2D eigenvalue weighted by Gasteiger charge is 2.39. The van der Waals surface area contributed by atoms with Gasteiger partial charge in [0.25, 0.3) is 0 Å². The number of nitrogens with zero attached hydrogens (tertiary/aromatic N) is 1. The van der Waals surface area contributed by atoms with Crippen LogP contribution in [0.5, 0.6) is 0 Å². The Morgan fingerprint density at radius 2 is 1.90 bits per heavy atom. The van der Waals surface area contributed by atoms with Gasteiger partial charge in [-0.15, -0.1) is 0 Å². The van der Waals surface area contributed by atoms with E-state index in [1.807, 2.05) is 6.07 Å². The van der Waals surface area contributed by atoms with E-state index in [1.54, 1.807) is 18.3 Å². The number of aliphatic carboxylic acids is 1. The van der Waals surface area contributed by atoms with Gasteiger partial charge in [-0.25, -0.2) is 4.79 Å². The smallest absolute Gasteiger partial charge is 0.329 e. The number of carboxylic acids is 1. The van der Waals surface area contributed by atoms with Crippen LogP contribution >= 0.6 is 0 Å². The summed E-state index contributed by atoms with van der Waals surface area (Å²) in [4.78, 5) is 27.8. The molecule has 0 atom stereocenters. The SMILES string of the molecule is O=C(Cc1ccccn1)NC1(C(=O)O)CCCCCC1. The molecule has 1 aliphatic carbocycles. The molecule has 0 radical (unpaired) electrons. The van der Waals surface area contributed by atoms with Crippen LogP contribution < -0.4 is 5.32 Å². The molecule has 0 spiro atoms. The van der Waals surface area contributed by atoms with Crippen molar-refractivity contribution >= 4 is 11.9 Å². The van der Waals surface area contributed by atoms with Crippen LogP contribution in [0.25, 0.3) is 0 Å². The van der Waals surface area contributed by atoms with Crippen LogP contribution in [0.15, 0.2) is 24.4 Å². The second-order valence-corrected chi connectivity index (χ2v) is 5.35. The fourth-order valence-corrected chi connectivity index (χ4v) is 2.70. The summed E-state index contributed by atoms with van der Waals surface area (Å²) in [5, 5.41) is 12.2. The van der Waals surface area contributed by atoms with Gasteiger partial charge in [0.1, 0.15) is 5.54 Å². The monoisotopic (exact) mass is 276 g/mol. The van der Waals surface area contributed by atoms with Gasteiger partial charge < -0.3 is 10.4 Å². The van der Waals surface area contributed by atoms with Gasteiger partial charge in [0.15, 0.2) is 0 Å². The minimum atomic E-state index is -1.09. The molecule has 5 nitrogen and oxygen atoms in total. The molecule has 1 aromatic rings. The van der Waals surface area contributed by atoms with E-state index < -0.39 is 11.5 Å². The highest BCUT2D eigenvalue weighted by atomic mass is 16.4. The van der Waals surface area contributed by atoms with Crippen molar-refractivity contribution < 1.29 is 14.7 Å². The Labute approximate surface area is 118 Å². The number of pyridine rings is 1. The lowest BCUT2D eigenvalue weighted by molar-refractivity contribution is -0.148. The number of carboxylic acid groups (broad SMARTS) is 1. The Kier molecular flexibility index (Phi) is 4.71. The number of rotatable bonds is 4. The molecule has 2 rings (SSSR count). The Morgan fingerprint density at radius 1 is 1.20 bits per heavy atom. The van der Waals surface area contributed by atoms with Gasteiger partial charge >= 0.3 is 5.97 Å². The lowest BCUT2D eigenvalue weighted by Crippen LogP contribution is -2.54. The van der Waals surface area contributed by atoms with Crippen molar-refractivity contribution in [3.05, 3.63) is 30.1 Å². The summed E-state index contributed by atoms with van der Waals surface area (Å²) in [6.07, 6.45) is 6.52. The molecular formula is C15H20N2O3. The lowest BCUT2D eigenvalue weighted by atomic mass is 9.90. The van der Waals surface area contributed by atoms with E-state index >= 15 is 0 Å². The van der Waals surface area contributed by atoms with Crippen LogP contribution in [0.4, 0.5) is 0 Å². The molecule has 2 N–H and O–H groups in total. The first-order chi connectivity index (χ1) is 9.62. The van der Waals surface area contributed by atoms with E-state index in [2.05, 4.69) is 10.3 Å². The molecule has 5 heteroatoms. The zero-order chi connectivity index (χ0) is 14.4. The first-order valence-electron chi connectivity index (χ1n) is 7.07. The average Bonchev–Trinajstić information content (AvgIpc) is 2.66. The second kappa shape index (κ2) is 6.50. The average molecular weight is 276 g/mol. The summed E-state index contributed by atoms with van der Waals surface area (Å²) in [5.74, 6) is -1.19. The number of hydrogen-bond donors (Lipinski definition) is 2. The second-order valence-electron chi connectivity index (χ2n) is 5.35. The zero-order valence-corrected chi connectivity index (χ0v) is 11.5. The Hall–Kier alpha value is -1.91. The highest BCUT2D eigenvalue weighted by Crippen LogP contribution is 2.27. The largest absolute Gasteiger partial charge is 0.480 e. The normalized spacial score (nSPS) is 18.0. The van der Waals surface area contributed by atoms with Crippen LogP contribution in [-0.4, -0.2) is 27.5 Å². The van der Waals surface area contributed by atoms with Crippen LogP contribution in [0.3, 0.4) is 0 Å². The third kappa shape index (κ3) is 3.56. The van der Waals surface area contributed by atoms with Gasteiger partial charge in [-0.1, -0.05) is 31.7 Å². The fourth-order valence-electron chi connectivity index (χ4n) is 2.70. The van der Waals surface area contributed by atoms with Crippen molar-refractivity contribution in [3.8, 4) is 0 Å². The topological polar surface area (TPSA) is 79.3 Å². The van der Waals surface area contributed by atoms with Gasteiger partial charge in [0.2, 0.25) is 5.91 Å². The third-order valence-corrected chi connectivity index (χ3v) is 3.81. The molecule has 108 valence electrons. The fraction of sp³-hybridized carbons (Fsp3) is 0.533. The molecule has 1 fully saturated rings. The van der Waals surface area contributed by atoms with Gasteiger partial charge in [-0.05, 0) is 25.0 Å². The van der Waals surface area contributed by atoms with Crippen LogP contribution in [0.1, 0.15) is 44.2 Å². The van der Waals surface area contributed by atoms with E-state index in [4.69, 9.17) is 0 Å². The van der Waals surface area contributed by atoms with E-state index in [1.165, 1.54) is 0 Å². The number of aromatic nitrogens is 1. The minimum Gasteiger partial charge on any atom is -0.480 e. The summed E-state index contributed by atoms with van der Waals surface area (Å²) >= 11 is 0. The molecule has 1 heterocycles. The van der Waals surface area contributed by atoms with E-state index in [0.717, 1.165) is 25.7 Å². The van der Waals surface area contributed by atoms with Crippen molar-refractivity contribution in [3.63, 3.8) is 0 Å². The summed E-state index contributed by atoms with van der Waals surface area (Å²) in [6, 6.07) is 5.36. The maximum Gasteiger partial charge on any atom is 0.329 e. The third-order valence-electron chi connectivity index (χ3n) is 3.81. The quantitative estimate of drug-likeness (QED) is 0.823. The molecule has 0 aliphatic heterocycles. The van der Waals surface area contributed by atoms with Crippen molar-refractivity contribution in [2.24, 2.45) is 0 Å². The highest BCUT2D eigenvalue weighted by molar-refractivity contribution is 5.87. The van der Waals surface area contributed by atoms with Gasteiger partial charge in [0.05, 0.1) is 6.42 Å². The van der Waals surface area contributed by atoms with Crippen molar-refractivity contribution in [2.75, 3.05) is 0 Å². The Bertz CT molecular complexity index is 465. The maximum atomic E-state index is 12.1. The molecule has 1 saturated carbocycles. The first-order valence-corrected chi connectivity index (χ1v) is 7.07. The van der Waals surface area contributed by atoms with Crippen molar-refractivity contribution in [2.45, 2.75) is 50.5 Å². The number of amides is 1. The number of carbonyl (C=O) groups is 2. The number of carbonyl (C=O) groups excluding carboxylic acids is 1.